The molecule has 6 nitrogen and oxygen atoms in total. The zero-order chi connectivity index (χ0) is 29.2. The number of nitrogens with zero attached hydrogens (tertiary/aromatic N) is 2. The molecule has 0 spiro atoms. The highest BCUT2D eigenvalue weighted by Gasteiger charge is 2.10. The van der Waals surface area contributed by atoms with Crippen molar-refractivity contribution in [3.8, 4) is 0 Å². The average Bonchev–Trinajstić information content (AvgIpc) is 2.98. The van der Waals surface area contributed by atoms with E-state index in [0.717, 1.165) is 16.6 Å². The second-order valence-electron chi connectivity index (χ2n) is 8.05. The van der Waals surface area contributed by atoms with E-state index in [2.05, 4.69) is 87.6 Å². The Labute approximate surface area is 239 Å². The van der Waals surface area contributed by atoms with Crippen LogP contribution in [0.1, 0.15) is 78.4 Å². The fourth-order valence-electron chi connectivity index (χ4n) is 2.70. The van der Waals surface area contributed by atoms with Gasteiger partial charge in [0.2, 0.25) is 5.95 Å². The number of halogens is 1. The molecule has 0 saturated heterocycles. The molecule has 1 atom stereocenters. The number of aromatic nitrogens is 2. The van der Waals surface area contributed by atoms with Crippen LogP contribution in [0.15, 0.2) is 65.3 Å². The van der Waals surface area contributed by atoms with Crippen LogP contribution in [-0.2, 0) is 11.2 Å². The molecule has 38 heavy (non-hydrogen) atoms. The topological polar surface area (TPSA) is 87.1 Å². The summed E-state index contributed by atoms with van der Waals surface area (Å²) < 4.78 is 0.767. The zero-order valence-corrected chi connectivity index (χ0v) is 26.0. The maximum atomic E-state index is 9.27. The molecular formula is C31H49BrN4O2. The Hall–Kier alpha value is -2.77. The van der Waals surface area contributed by atoms with Crippen LogP contribution in [0.5, 0.6) is 0 Å². The molecule has 1 unspecified atom stereocenters. The van der Waals surface area contributed by atoms with E-state index in [1.807, 2.05) is 58.7 Å². The highest BCUT2D eigenvalue weighted by atomic mass is 79.9. The Morgan fingerprint density at radius 1 is 0.921 bits per heavy atom. The minimum Gasteiger partial charge on any atom is -0.394 e. The summed E-state index contributed by atoms with van der Waals surface area (Å²) in [5.74, 6) is 1.18. The van der Waals surface area contributed by atoms with E-state index in [1.165, 1.54) is 36.8 Å². The summed E-state index contributed by atoms with van der Waals surface area (Å²) in [6.07, 6.45) is 7.59. The Kier molecular flexibility index (Phi) is 25.4. The summed E-state index contributed by atoms with van der Waals surface area (Å²) in [6, 6.07) is 18.6. The first-order valence-electron chi connectivity index (χ1n) is 13.5. The molecule has 3 aromatic rings. The molecule has 0 fully saturated rings. The minimum absolute atomic E-state index is 0.0246. The van der Waals surface area contributed by atoms with E-state index >= 15 is 0 Å². The molecule has 0 aliphatic heterocycles. The zero-order valence-electron chi connectivity index (χ0n) is 24.4. The van der Waals surface area contributed by atoms with Crippen LogP contribution in [-0.4, -0.2) is 34.5 Å². The number of unbranched alkanes of at least 4 members (excludes halogenated alkanes) is 1. The first-order valence-corrected chi connectivity index (χ1v) is 14.3. The Morgan fingerprint density at radius 2 is 1.50 bits per heavy atom. The van der Waals surface area contributed by atoms with E-state index < -0.39 is 0 Å². The third-order valence-corrected chi connectivity index (χ3v) is 5.57. The number of aryl methyl sites for hydroxylation is 2. The Balaban J connectivity index is 0. The predicted octanol–water partition coefficient (Wildman–Crippen LogP) is 8.76. The number of nitrogens with one attached hydrogen (secondary N) is 2. The van der Waals surface area contributed by atoms with E-state index in [0.29, 0.717) is 11.8 Å². The van der Waals surface area contributed by atoms with E-state index in [9.17, 15) is 5.11 Å². The quantitative estimate of drug-likeness (QED) is 0.231. The maximum Gasteiger partial charge on any atom is 0.229 e. The fraction of sp³-hybridized carbons (Fsp3) is 0.452. The summed E-state index contributed by atoms with van der Waals surface area (Å²) in [4.78, 5) is 16.7. The van der Waals surface area contributed by atoms with Gasteiger partial charge in [0.25, 0.3) is 0 Å². The third-order valence-electron chi connectivity index (χ3n) is 4.99. The van der Waals surface area contributed by atoms with Crippen LogP contribution in [0.2, 0.25) is 0 Å². The van der Waals surface area contributed by atoms with E-state index in [1.54, 1.807) is 6.20 Å². The molecule has 0 aliphatic rings. The van der Waals surface area contributed by atoms with Gasteiger partial charge in [-0.25, -0.2) is 4.98 Å². The standard InChI is InChI=1S/C15H19BrN4O.C9H12.C4H10.C2H6.CH2O/c1-3-11(9-21)18-14-13(16)8-17-15(20-14)19-12-6-4-10(2)5-7-12;1-2-6-9-7-4-3-5-8-9;1-3-4-2;2*1-2/h4-8,11,21H,3,9H2,1-2H3,(H2,17,18,19,20);3-5,7-8H,2,6H2,1H3;3-4H2,1-2H3;1-2H3;1H2. The molecular weight excluding hydrogens is 540 g/mol. The third kappa shape index (κ3) is 17.6. The maximum absolute atomic E-state index is 9.27. The molecule has 0 aliphatic carbocycles. The lowest BCUT2D eigenvalue weighted by atomic mass is 10.1. The summed E-state index contributed by atoms with van der Waals surface area (Å²) in [5, 5.41) is 15.6. The van der Waals surface area contributed by atoms with Crippen molar-refractivity contribution < 1.29 is 9.90 Å². The number of aliphatic hydroxyl groups is 1. The number of benzene rings is 2. The number of hydrogen-bond donors (Lipinski definition) is 3. The SMILES string of the molecule is C=O.CC.CCC(CO)Nc1nc(Nc2ccc(C)cc2)ncc1Br.CCCC.CCCc1ccccc1. The smallest absolute Gasteiger partial charge is 0.229 e. The van der Waals surface area contributed by atoms with Crippen LogP contribution < -0.4 is 10.6 Å². The number of anilines is 3. The number of aliphatic hydroxyl groups excluding tert-OH is 1. The molecule has 7 heteroatoms. The van der Waals surface area contributed by atoms with Crippen LogP contribution in [0.4, 0.5) is 17.5 Å². The summed E-state index contributed by atoms with van der Waals surface area (Å²) >= 11 is 3.42. The van der Waals surface area contributed by atoms with Crippen molar-refractivity contribution >= 4 is 40.2 Å². The van der Waals surface area contributed by atoms with E-state index in [4.69, 9.17) is 4.79 Å². The van der Waals surface area contributed by atoms with Crippen molar-refractivity contribution in [1.82, 2.24) is 9.97 Å². The van der Waals surface area contributed by atoms with Crippen molar-refractivity contribution in [2.45, 2.75) is 86.6 Å². The number of carbonyl (C=O) groups excluding carboxylic acids is 1. The molecule has 0 bridgehead atoms. The summed E-state index contributed by atoms with van der Waals surface area (Å²) in [6.45, 7) is 16.7. The van der Waals surface area contributed by atoms with Crippen molar-refractivity contribution in [2.75, 3.05) is 17.2 Å². The van der Waals surface area contributed by atoms with Gasteiger partial charge in [0, 0.05) is 11.9 Å². The van der Waals surface area contributed by atoms with Crippen LogP contribution in [0.3, 0.4) is 0 Å². The minimum atomic E-state index is -0.0246. The highest BCUT2D eigenvalue weighted by Crippen LogP contribution is 2.23. The lowest BCUT2D eigenvalue weighted by Gasteiger charge is -2.16. The first-order chi connectivity index (χ1) is 18.5. The molecule has 3 rings (SSSR count). The van der Waals surface area contributed by atoms with Crippen molar-refractivity contribution in [1.29, 1.82) is 0 Å². The van der Waals surface area contributed by atoms with Gasteiger partial charge in [0.1, 0.15) is 12.6 Å². The Bertz CT molecular complexity index is 919. The number of carbonyl (C=O) groups is 1. The van der Waals surface area contributed by atoms with Gasteiger partial charge in [-0.1, -0.05) is 109 Å². The van der Waals surface area contributed by atoms with Crippen molar-refractivity contribution in [3.05, 3.63) is 76.4 Å². The van der Waals surface area contributed by atoms with Gasteiger partial charge in [-0.15, -0.1) is 0 Å². The molecule has 2 aromatic carbocycles. The predicted molar refractivity (Wildman–Crippen MR) is 168 cm³/mol. The average molecular weight is 590 g/mol. The monoisotopic (exact) mass is 588 g/mol. The largest absolute Gasteiger partial charge is 0.394 e. The van der Waals surface area contributed by atoms with Crippen molar-refractivity contribution in [3.63, 3.8) is 0 Å². The summed E-state index contributed by atoms with van der Waals surface area (Å²) in [7, 11) is 0. The number of rotatable bonds is 9. The molecule has 1 aromatic heterocycles. The summed E-state index contributed by atoms with van der Waals surface area (Å²) in [5.41, 5.74) is 3.58. The van der Waals surface area contributed by atoms with E-state index in [-0.39, 0.29) is 12.6 Å². The second-order valence-corrected chi connectivity index (χ2v) is 8.90. The Morgan fingerprint density at radius 3 is 1.97 bits per heavy atom. The van der Waals surface area contributed by atoms with Gasteiger partial charge in [-0.2, -0.15) is 4.98 Å². The molecule has 0 amide bonds. The van der Waals surface area contributed by atoms with Gasteiger partial charge in [-0.3, -0.25) is 0 Å². The van der Waals surface area contributed by atoms with Crippen LogP contribution in [0, 0.1) is 6.92 Å². The fourth-order valence-corrected chi connectivity index (χ4v) is 3.00. The normalized spacial score (nSPS) is 9.92. The highest BCUT2D eigenvalue weighted by molar-refractivity contribution is 9.10. The molecule has 0 saturated carbocycles. The molecule has 0 radical (unpaired) electrons. The lowest BCUT2D eigenvalue weighted by molar-refractivity contribution is -0.0980. The molecule has 1 heterocycles. The lowest BCUT2D eigenvalue weighted by Crippen LogP contribution is -2.23. The van der Waals surface area contributed by atoms with Crippen LogP contribution >= 0.6 is 15.9 Å². The second kappa shape index (κ2) is 25.9. The van der Waals surface area contributed by atoms with Gasteiger partial charge < -0.3 is 20.5 Å². The van der Waals surface area contributed by atoms with Gasteiger partial charge >= 0.3 is 0 Å². The molecule has 212 valence electrons. The first kappa shape index (κ1) is 37.4. The molecule has 3 N–H and O–H groups in total. The van der Waals surface area contributed by atoms with Gasteiger partial charge in [0.15, 0.2) is 0 Å². The van der Waals surface area contributed by atoms with Gasteiger partial charge in [0.05, 0.1) is 17.1 Å². The number of hydrogen-bond acceptors (Lipinski definition) is 6. The van der Waals surface area contributed by atoms with Gasteiger partial charge in [-0.05, 0) is 53.4 Å². The van der Waals surface area contributed by atoms with Crippen LogP contribution in [0.25, 0.3) is 0 Å². The van der Waals surface area contributed by atoms with Crippen molar-refractivity contribution in [2.24, 2.45) is 0 Å².